The number of carbonyl (C=O) groups excluding carboxylic acids is 1. The Morgan fingerprint density at radius 2 is 1.96 bits per heavy atom. The van der Waals surface area contributed by atoms with E-state index in [0.29, 0.717) is 13.0 Å². The van der Waals surface area contributed by atoms with Gasteiger partial charge in [-0.1, -0.05) is 36.4 Å². The van der Waals surface area contributed by atoms with Crippen LogP contribution in [0.4, 0.5) is 0 Å². The first-order valence-corrected chi connectivity index (χ1v) is 9.73. The standard InChI is InChI=1S/C19H20N2OS2/c1-14-21-19(16-8-5-13-23-16)17(24-14)9-10-18(22)20-12-11-15-6-3-2-4-7-15/h2-8,13H,9-12H2,1H3,(H,20,22). The van der Waals surface area contributed by atoms with E-state index in [1.165, 1.54) is 15.3 Å². The number of hydrogen-bond donors (Lipinski definition) is 1. The monoisotopic (exact) mass is 356 g/mol. The van der Waals surface area contributed by atoms with Crippen LogP contribution >= 0.6 is 22.7 Å². The zero-order chi connectivity index (χ0) is 16.8. The molecule has 1 N–H and O–H groups in total. The topological polar surface area (TPSA) is 42.0 Å². The van der Waals surface area contributed by atoms with Gasteiger partial charge in [-0.2, -0.15) is 0 Å². The van der Waals surface area contributed by atoms with Crippen molar-refractivity contribution in [3.8, 4) is 10.6 Å². The lowest BCUT2D eigenvalue weighted by Crippen LogP contribution is -2.25. The van der Waals surface area contributed by atoms with Crippen molar-refractivity contribution < 1.29 is 4.79 Å². The van der Waals surface area contributed by atoms with Crippen LogP contribution in [0.1, 0.15) is 21.9 Å². The summed E-state index contributed by atoms with van der Waals surface area (Å²) in [4.78, 5) is 19.1. The SMILES string of the molecule is Cc1nc(-c2cccs2)c(CCC(=O)NCCc2ccccc2)s1. The van der Waals surface area contributed by atoms with Crippen LogP contribution < -0.4 is 5.32 Å². The van der Waals surface area contributed by atoms with E-state index in [4.69, 9.17) is 0 Å². The summed E-state index contributed by atoms with van der Waals surface area (Å²) in [5, 5.41) is 6.12. The fourth-order valence-electron chi connectivity index (χ4n) is 2.55. The number of nitrogens with zero attached hydrogens (tertiary/aromatic N) is 1. The molecule has 0 bridgehead atoms. The summed E-state index contributed by atoms with van der Waals surface area (Å²) in [7, 11) is 0. The normalized spacial score (nSPS) is 10.7. The number of thiazole rings is 1. The molecule has 0 radical (unpaired) electrons. The Morgan fingerprint density at radius 1 is 1.12 bits per heavy atom. The average Bonchev–Trinajstić information content (AvgIpc) is 3.23. The average molecular weight is 357 g/mol. The number of thiophene rings is 1. The molecule has 124 valence electrons. The molecule has 1 aromatic carbocycles. The number of aryl methyl sites for hydroxylation is 2. The molecule has 2 heterocycles. The van der Waals surface area contributed by atoms with Gasteiger partial charge in [0.25, 0.3) is 0 Å². The van der Waals surface area contributed by atoms with Crippen LogP contribution in [0.3, 0.4) is 0 Å². The van der Waals surface area contributed by atoms with Gasteiger partial charge in [-0.25, -0.2) is 4.98 Å². The lowest BCUT2D eigenvalue weighted by molar-refractivity contribution is -0.121. The van der Waals surface area contributed by atoms with Crippen LogP contribution in [-0.4, -0.2) is 17.4 Å². The van der Waals surface area contributed by atoms with Gasteiger partial charge in [0.2, 0.25) is 5.91 Å². The van der Waals surface area contributed by atoms with Crippen LogP contribution in [-0.2, 0) is 17.6 Å². The minimum atomic E-state index is 0.106. The third-order valence-electron chi connectivity index (χ3n) is 3.72. The number of aromatic nitrogens is 1. The number of hydrogen-bond acceptors (Lipinski definition) is 4. The Morgan fingerprint density at radius 3 is 2.71 bits per heavy atom. The van der Waals surface area contributed by atoms with Crippen molar-refractivity contribution in [3.63, 3.8) is 0 Å². The molecule has 24 heavy (non-hydrogen) atoms. The van der Waals surface area contributed by atoms with Gasteiger partial charge in [-0.05, 0) is 36.8 Å². The van der Waals surface area contributed by atoms with E-state index in [1.807, 2.05) is 31.2 Å². The fourth-order valence-corrected chi connectivity index (χ4v) is 4.31. The minimum Gasteiger partial charge on any atom is -0.356 e. The van der Waals surface area contributed by atoms with Gasteiger partial charge < -0.3 is 5.32 Å². The maximum absolute atomic E-state index is 12.1. The molecule has 0 spiro atoms. The van der Waals surface area contributed by atoms with Gasteiger partial charge in [0.05, 0.1) is 15.6 Å². The Labute approximate surface area is 150 Å². The summed E-state index contributed by atoms with van der Waals surface area (Å²) < 4.78 is 0. The predicted molar refractivity (Wildman–Crippen MR) is 102 cm³/mol. The highest BCUT2D eigenvalue weighted by molar-refractivity contribution is 7.15. The summed E-state index contributed by atoms with van der Waals surface area (Å²) in [6.45, 7) is 2.70. The quantitative estimate of drug-likeness (QED) is 0.678. The summed E-state index contributed by atoms with van der Waals surface area (Å²) in [6.07, 6.45) is 2.12. The second kappa shape index (κ2) is 8.22. The summed E-state index contributed by atoms with van der Waals surface area (Å²) in [5.41, 5.74) is 2.29. The lowest BCUT2D eigenvalue weighted by Gasteiger charge is -2.05. The highest BCUT2D eigenvalue weighted by atomic mass is 32.1. The van der Waals surface area contributed by atoms with Crippen LogP contribution in [0.15, 0.2) is 47.8 Å². The molecule has 0 unspecified atom stereocenters. The molecule has 0 fully saturated rings. The first-order valence-electron chi connectivity index (χ1n) is 8.03. The van der Waals surface area contributed by atoms with Crippen molar-refractivity contribution in [1.29, 1.82) is 0 Å². The molecule has 3 rings (SSSR count). The van der Waals surface area contributed by atoms with E-state index >= 15 is 0 Å². The van der Waals surface area contributed by atoms with Gasteiger partial charge >= 0.3 is 0 Å². The lowest BCUT2D eigenvalue weighted by atomic mass is 10.1. The third-order valence-corrected chi connectivity index (χ3v) is 5.62. The Hall–Kier alpha value is -1.98. The molecule has 2 aromatic heterocycles. The molecule has 0 saturated heterocycles. The largest absolute Gasteiger partial charge is 0.356 e. The van der Waals surface area contributed by atoms with Gasteiger partial charge in [-0.3, -0.25) is 4.79 Å². The van der Waals surface area contributed by atoms with Gasteiger partial charge in [0, 0.05) is 17.8 Å². The van der Waals surface area contributed by atoms with Gasteiger partial charge in [0.15, 0.2) is 0 Å². The van der Waals surface area contributed by atoms with Crippen LogP contribution in [0.2, 0.25) is 0 Å². The van der Waals surface area contributed by atoms with Crippen LogP contribution in [0.25, 0.3) is 10.6 Å². The molecule has 0 aliphatic heterocycles. The first-order chi connectivity index (χ1) is 11.7. The second-order valence-corrected chi connectivity index (χ2v) is 7.80. The zero-order valence-corrected chi connectivity index (χ0v) is 15.3. The predicted octanol–water partition coefficient (Wildman–Crippen LogP) is 4.47. The number of benzene rings is 1. The molecule has 3 nitrogen and oxygen atoms in total. The van der Waals surface area contributed by atoms with E-state index in [-0.39, 0.29) is 5.91 Å². The molecule has 0 atom stereocenters. The summed E-state index contributed by atoms with van der Waals surface area (Å²) >= 11 is 3.38. The maximum atomic E-state index is 12.1. The number of nitrogens with one attached hydrogen (secondary N) is 1. The molecule has 5 heteroatoms. The second-order valence-electron chi connectivity index (χ2n) is 5.57. The van der Waals surface area contributed by atoms with E-state index < -0.39 is 0 Å². The number of amides is 1. The van der Waals surface area contributed by atoms with E-state index in [2.05, 4.69) is 33.9 Å². The molecule has 0 aliphatic rings. The minimum absolute atomic E-state index is 0.106. The molecular weight excluding hydrogens is 336 g/mol. The van der Waals surface area contributed by atoms with Crippen LogP contribution in [0, 0.1) is 6.92 Å². The fraction of sp³-hybridized carbons (Fsp3) is 0.263. The molecule has 1 amide bonds. The first kappa shape index (κ1) is 16.9. The van der Waals surface area contributed by atoms with Crippen molar-refractivity contribution in [2.24, 2.45) is 0 Å². The Balaban J connectivity index is 1.50. The van der Waals surface area contributed by atoms with Crippen molar-refractivity contribution in [1.82, 2.24) is 10.3 Å². The molecule has 3 aromatic rings. The highest BCUT2D eigenvalue weighted by Gasteiger charge is 2.13. The van der Waals surface area contributed by atoms with Crippen molar-refractivity contribution in [2.45, 2.75) is 26.2 Å². The van der Waals surface area contributed by atoms with E-state index in [1.54, 1.807) is 22.7 Å². The summed E-state index contributed by atoms with van der Waals surface area (Å²) in [6, 6.07) is 14.3. The maximum Gasteiger partial charge on any atom is 0.220 e. The zero-order valence-electron chi connectivity index (χ0n) is 13.6. The van der Waals surface area contributed by atoms with Crippen LogP contribution in [0.5, 0.6) is 0 Å². The van der Waals surface area contributed by atoms with Gasteiger partial charge in [0.1, 0.15) is 0 Å². The van der Waals surface area contributed by atoms with Crippen molar-refractivity contribution in [2.75, 3.05) is 6.54 Å². The Kier molecular flexibility index (Phi) is 5.77. The van der Waals surface area contributed by atoms with Gasteiger partial charge in [-0.15, -0.1) is 22.7 Å². The Bertz CT molecular complexity index is 779. The molecule has 0 aliphatic carbocycles. The molecular formula is C19H20N2OS2. The number of rotatable bonds is 7. The highest BCUT2D eigenvalue weighted by Crippen LogP contribution is 2.31. The number of carbonyl (C=O) groups is 1. The summed E-state index contributed by atoms with van der Waals surface area (Å²) in [5.74, 6) is 0.106. The van der Waals surface area contributed by atoms with Crippen molar-refractivity contribution in [3.05, 3.63) is 63.3 Å². The van der Waals surface area contributed by atoms with E-state index in [0.717, 1.165) is 23.5 Å². The molecule has 0 saturated carbocycles. The third kappa shape index (κ3) is 4.52. The van der Waals surface area contributed by atoms with E-state index in [9.17, 15) is 4.79 Å². The van der Waals surface area contributed by atoms with Crippen molar-refractivity contribution >= 4 is 28.6 Å². The smallest absolute Gasteiger partial charge is 0.220 e.